The van der Waals surface area contributed by atoms with Gasteiger partial charge in [0.05, 0.1) is 11.9 Å². The molecule has 2 aromatic heterocycles. The van der Waals surface area contributed by atoms with Crippen molar-refractivity contribution in [3.05, 3.63) is 64.8 Å². The number of nitrogens with zero attached hydrogens (tertiary/aromatic N) is 3. The molecule has 29 heavy (non-hydrogen) atoms. The van der Waals surface area contributed by atoms with Gasteiger partial charge in [-0.3, -0.25) is 14.6 Å². The zero-order valence-corrected chi connectivity index (χ0v) is 16.1. The number of pyridine rings is 1. The lowest BCUT2D eigenvalue weighted by Gasteiger charge is -2.26. The van der Waals surface area contributed by atoms with Gasteiger partial charge in [-0.05, 0) is 19.1 Å². The van der Waals surface area contributed by atoms with Crippen molar-refractivity contribution in [2.24, 2.45) is 5.73 Å². The van der Waals surface area contributed by atoms with Gasteiger partial charge < -0.3 is 16.4 Å². The first-order valence-corrected chi connectivity index (χ1v) is 9.30. The maximum absolute atomic E-state index is 12.8. The Morgan fingerprint density at radius 3 is 2.38 bits per heavy atom. The third-order valence-electron chi connectivity index (χ3n) is 4.16. The number of primary amides is 1. The number of carbonyl (C=O) groups is 2. The first-order valence-electron chi connectivity index (χ1n) is 8.48. The van der Waals surface area contributed by atoms with Crippen molar-refractivity contribution < 1.29 is 18.4 Å². The second kappa shape index (κ2) is 8.31. The monoisotopic (exact) mass is 417 g/mol. The van der Waals surface area contributed by atoms with Crippen LogP contribution in [0.15, 0.2) is 48.7 Å². The summed E-state index contributed by atoms with van der Waals surface area (Å²) in [6.45, 7) is 1.53. The standard InChI is InChI=1S/C19H17F2N5O2S/c1-10(18(23)28)26(12-7-8-13(16(20)21)24-9-12)19-25-17(22)15(29-19)14(27)11-5-3-2-4-6-11/h2-10,16H,22H2,1H3,(H2,23,28). The van der Waals surface area contributed by atoms with Gasteiger partial charge in [0.2, 0.25) is 11.7 Å². The number of nitrogens with two attached hydrogens (primary N) is 2. The van der Waals surface area contributed by atoms with Crippen molar-refractivity contribution in [3.63, 3.8) is 0 Å². The number of halogens is 2. The van der Waals surface area contributed by atoms with Crippen LogP contribution in [0, 0.1) is 0 Å². The highest BCUT2D eigenvalue weighted by Gasteiger charge is 2.27. The summed E-state index contributed by atoms with van der Waals surface area (Å²) >= 11 is 0.978. The van der Waals surface area contributed by atoms with E-state index in [9.17, 15) is 18.4 Å². The van der Waals surface area contributed by atoms with E-state index in [2.05, 4.69) is 9.97 Å². The maximum Gasteiger partial charge on any atom is 0.280 e. The minimum absolute atomic E-state index is 0.00215. The number of anilines is 3. The number of alkyl halides is 2. The quantitative estimate of drug-likeness (QED) is 0.570. The first-order chi connectivity index (χ1) is 13.8. The summed E-state index contributed by atoms with van der Waals surface area (Å²) in [6.07, 6.45) is -1.53. The largest absolute Gasteiger partial charge is 0.382 e. The third-order valence-corrected chi connectivity index (χ3v) is 5.23. The lowest BCUT2D eigenvalue weighted by atomic mass is 10.1. The van der Waals surface area contributed by atoms with Gasteiger partial charge >= 0.3 is 0 Å². The Hall–Kier alpha value is -3.40. The number of aromatic nitrogens is 2. The number of ketones is 1. The van der Waals surface area contributed by atoms with Crippen molar-refractivity contribution in [1.29, 1.82) is 0 Å². The number of carbonyl (C=O) groups excluding carboxylic acids is 2. The van der Waals surface area contributed by atoms with Crippen LogP contribution in [0.2, 0.25) is 0 Å². The number of thiazole rings is 1. The topological polar surface area (TPSA) is 115 Å². The molecule has 0 radical (unpaired) electrons. The molecule has 0 aliphatic heterocycles. The van der Waals surface area contributed by atoms with Crippen LogP contribution in [0.3, 0.4) is 0 Å². The molecule has 1 unspecified atom stereocenters. The molecule has 2 heterocycles. The predicted octanol–water partition coefficient (Wildman–Crippen LogP) is 3.30. The fraction of sp³-hybridized carbons (Fsp3) is 0.158. The minimum Gasteiger partial charge on any atom is -0.382 e. The molecule has 0 bridgehead atoms. The molecule has 150 valence electrons. The molecule has 0 aliphatic carbocycles. The first kappa shape index (κ1) is 20.3. The molecule has 4 N–H and O–H groups in total. The fourth-order valence-corrected chi connectivity index (χ4v) is 3.65. The molecule has 0 spiro atoms. The molecule has 7 nitrogen and oxygen atoms in total. The molecule has 0 saturated carbocycles. The van der Waals surface area contributed by atoms with Crippen LogP contribution in [0.1, 0.15) is 34.3 Å². The number of amides is 1. The summed E-state index contributed by atoms with van der Waals surface area (Å²) in [7, 11) is 0. The Bertz CT molecular complexity index is 1020. The van der Waals surface area contributed by atoms with Crippen molar-refractivity contribution in [2.75, 3.05) is 10.6 Å². The van der Waals surface area contributed by atoms with E-state index in [1.165, 1.54) is 24.1 Å². The summed E-state index contributed by atoms with van der Waals surface area (Å²) in [4.78, 5) is 34.1. The van der Waals surface area contributed by atoms with Crippen molar-refractivity contribution >= 4 is 39.7 Å². The van der Waals surface area contributed by atoms with Gasteiger partial charge in [-0.25, -0.2) is 13.8 Å². The Kier molecular flexibility index (Phi) is 5.83. The Morgan fingerprint density at radius 2 is 1.83 bits per heavy atom. The normalized spacial score (nSPS) is 12.0. The minimum atomic E-state index is -2.73. The molecule has 0 aliphatic rings. The van der Waals surface area contributed by atoms with E-state index in [1.807, 2.05) is 0 Å². The molecule has 3 rings (SSSR count). The van der Waals surface area contributed by atoms with Crippen molar-refractivity contribution in [1.82, 2.24) is 9.97 Å². The lowest BCUT2D eigenvalue weighted by molar-refractivity contribution is -0.118. The van der Waals surface area contributed by atoms with Gasteiger partial charge in [0.1, 0.15) is 22.4 Å². The van der Waals surface area contributed by atoms with E-state index < -0.39 is 24.1 Å². The summed E-state index contributed by atoms with van der Waals surface area (Å²) in [5.41, 5.74) is 11.7. The molecule has 1 amide bonds. The highest BCUT2D eigenvalue weighted by molar-refractivity contribution is 7.18. The molecule has 10 heteroatoms. The number of benzene rings is 1. The van der Waals surface area contributed by atoms with Crippen LogP contribution in [0.25, 0.3) is 0 Å². The second-order valence-electron chi connectivity index (χ2n) is 6.10. The average molecular weight is 417 g/mol. The molecule has 0 saturated heterocycles. The van der Waals surface area contributed by atoms with Crippen LogP contribution in [-0.4, -0.2) is 27.7 Å². The molecule has 1 aromatic carbocycles. The predicted molar refractivity (Wildman–Crippen MR) is 106 cm³/mol. The zero-order valence-electron chi connectivity index (χ0n) is 15.3. The van der Waals surface area contributed by atoms with Gasteiger partial charge in [0.25, 0.3) is 6.43 Å². The number of rotatable bonds is 7. The highest BCUT2D eigenvalue weighted by Crippen LogP contribution is 2.36. The van der Waals surface area contributed by atoms with Crippen molar-refractivity contribution in [2.45, 2.75) is 19.4 Å². The van der Waals surface area contributed by atoms with Gasteiger partial charge in [-0.2, -0.15) is 0 Å². The van der Waals surface area contributed by atoms with Gasteiger partial charge in [0.15, 0.2) is 5.13 Å². The van der Waals surface area contributed by atoms with E-state index in [0.717, 1.165) is 17.4 Å². The van der Waals surface area contributed by atoms with Crippen LogP contribution in [0.4, 0.5) is 25.4 Å². The number of hydrogen-bond acceptors (Lipinski definition) is 7. The molecular formula is C19H17F2N5O2S. The summed E-state index contributed by atoms with van der Waals surface area (Å²) in [5, 5.41) is 0.222. The van der Waals surface area contributed by atoms with Crippen molar-refractivity contribution in [3.8, 4) is 0 Å². The van der Waals surface area contributed by atoms with Crippen LogP contribution in [0.5, 0.6) is 0 Å². The Morgan fingerprint density at radius 1 is 1.14 bits per heavy atom. The number of hydrogen-bond donors (Lipinski definition) is 2. The average Bonchev–Trinajstić information content (AvgIpc) is 3.09. The van der Waals surface area contributed by atoms with Crippen LogP contribution in [-0.2, 0) is 4.79 Å². The van der Waals surface area contributed by atoms with E-state index in [1.54, 1.807) is 30.3 Å². The summed E-state index contributed by atoms with van der Waals surface area (Å²) < 4.78 is 25.6. The lowest BCUT2D eigenvalue weighted by Crippen LogP contribution is -2.40. The van der Waals surface area contributed by atoms with E-state index in [4.69, 9.17) is 11.5 Å². The number of nitrogen functional groups attached to an aromatic ring is 1. The second-order valence-corrected chi connectivity index (χ2v) is 7.07. The zero-order chi connectivity index (χ0) is 21.1. The van der Waals surface area contributed by atoms with Gasteiger partial charge in [-0.15, -0.1) is 0 Å². The van der Waals surface area contributed by atoms with Crippen LogP contribution >= 0.6 is 11.3 Å². The summed E-state index contributed by atoms with van der Waals surface area (Å²) in [5.74, 6) is -0.991. The Labute approximate surface area is 169 Å². The smallest absolute Gasteiger partial charge is 0.280 e. The van der Waals surface area contributed by atoms with Crippen LogP contribution < -0.4 is 16.4 Å². The summed E-state index contributed by atoms with van der Waals surface area (Å²) in [6, 6.07) is 10.2. The molecule has 0 fully saturated rings. The van der Waals surface area contributed by atoms with Gasteiger partial charge in [-0.1, -0.05) is 41.7 Å². The fourth-order valence-electron chi connectivity index (χ4n) is 2.60. The van der Waals surface area contributed by atoms with E-state index >= 15 is 0 Å². The van der Waals surface area contributed by atoms with E-state index in [0.29, 0.717) is 11.3 Å². The van der Waals surface area contributed by atoms with E-state index in [-0.39, 0.29) is 21.6 Å². The molecular weight excluding hydrogens is 400 g/mol. The maximum atomic E-state index is 12.8. The van der Waals surface area contributed by atoms with Gasteiger partial charge in [0, 0.05) is 5.56 Å². The third kappa shape index (κ3) is 4.21. The highest BCUT2D eigenvalue weighted by atomic mass is 32.1. The Balaban J connectivity index is 2.03. The molecule has 3 aromatic rings. The molecule has 1 atom stereocenters. The SMILES string of the molecule is CC(C(N)=O)N(c1ccc(C(F)F)nc1)c1nc(N)c(C(=O)c2ccccc2)s1.